The SMILES string of the molecule is CCC(CC)C(C#N)N(C)C. The van der Waals surface area contributed by atoms with Gasteiger partial charge in [-0.05, 0) is 20.0 Å². The fourth-order valence-corrected chi connectivity index (χ4v) is 1.38. The fraction of sp³-hybridized carbons (Fsp3) is 0.889. The number of nitriles is 1. The zero-order valence-corrected chi connectivity index (χ0v) is 7.96. The van der Waals surface area contributed by atoms with Crippen LogP contribution in [0, 0.1) is 17.2 Å². The zero-order chi connectivity index (χ0) is 8.85. The van der Waals surface area contributed by atoms with Crippen molar-refractivity contribution >= 4 is 0 Å². The molecule has 0 saturated carbocycles. The molecule has 0 fully saturated rings. The Morgan fingerprint density at radius 1 is 1.27 bits per heavy atom. The average Bonchev–Trinajstić information content (AvgIpc) is 1.99. The van der Waals surface area contributed by atoms with Gasteiger partial charge in [0.05, 0.1) is 6.07 Å². The van der Waals surface area contributed by atoms with Crippen LogP contribution in [0.15, 0.2) is 0 Å². The molecule has 0 amide bonds. The Kier molecular flexibility index (Phi) is 4.89. The maximum atomic E-state index is 8.84. The van der Waals surface area contributed by atoms with Gasteiger partial charge < -0.3 is 0 Å². The van der Waals surface area contributed by atoms with Crippen LogP contribution < -0.4 is 0 Å². The third-order valence-electron chi connectivity index (χ3n) is 2.18. The number of hydrogen-bond donors (Lipinski definition) is 0. The standard InChI is InChI=1S/C9H18N2/c1-5-8(6-2)9(7-10)11(3)4/h8-9H,5-6H2,1-4H3. The van der Waals surface area contributed by atoms with Gasteiger partial charge in [-0.25, -0.2) is 0 Å². The highest BCUT2D eigenvalue weighted by molar-refractivity contribution is 4.93. The Hall–Kier alpha value is -0.550. The maximum Gasteiger partial charge on any atom is 0.100 e. The summed E-state index contributed by atoms with van der Waals surface area (Å²) < 4.78 is 0. The van der Waals surface area contributed by atoms with E-state index in [1.165, 1.54) is 0 Å². The minimum Gasteiger partial charge on any atom is -0.294 e. The number of hydrogen-bond acceptors (Lipinski definition) is 2. The summed E-state index contributed by atoms with van der Waals surface area (Å²) in [6.45, 7) is 4.28. The molecule has 64 valence electrons. The minimum atomic E-state index is 0.0880. The van der Waals surface area contributed by atoms with E-state index in [2.05, 4.69) is 19.9 Å². The van der Waals surface area contributed by atoms with Crippen LogP contribution in [0.3, 0.4) is 0 Å². The van der Waals surface area contributed by atoms with Crippen molar-refractivity contribution in [2.75, 3.05) is 14.1 Å². The molecular weight excluding hydrogens is 136 g/mol. The molecule has 0 heterocycles. The van der Waals surface area contributed by atoms with E-state index >= 15 is 0 Å². The highest BCUT2D eigenvalue weighted by atomic mass is 15.1. The lowest BCUT2D eigenvalue weighted by molar-refractivity contribution is 0.250. The van der Waals surface area contributed by atoms with Crippen molar-refractivity contribution in [2.45, 2.75) is 32.7 Å². The Balaban J connectivity index is 4.12. The van der Waals surface area contributed by atoms with Crippen LogP contribution in [0.25, 0.3) is 0 Å². The van der Waals surface area contributed by atoms with E-state index in [1.54, 1.807) is 0 Å². The molecule has 11 heavy (non-hydrogen) atoms. The highest BCUT2D eigenvalue weighted by Gasteiger charge is 2.19. The summed E-state index contributed by atoms with van der Waals surface area (Å²) in [5.41, 5.74) is 0. The van der Waals surface area contributed by atoms with Gasteiger partial charge >= 0.3 is 0 Å². The normalized spacial score (nSPS) is 13.5. The minimum absolute atomic E-state index is 0.0880. The van der Waals surface area contributed by atoms with E-state index < -0.39 is 0 Å². The van der Waals surface area contributed by atoms with Crippen molar-refractivity contribution in [1.82, 2.24) is 4.90 Å². The first-order chi connectivity index (χ1) is 5.17. The van der Waals surface area contributed by atoms with Crippen molar-refractivity contribution in [1.29, 1.82) is 5.26 Å². The first-order valence-corrected chi connectivity index (χ1v) is 4.23. The van der Waals surface area contributed by atoms with Crippen LogP contribution in [-0.4, -0.2) is 25.0 Å². The summed E-state index contributed by atoms with van der Waals surface area (Å²) in [6, 6.07) is 2.42. The third-order valence-corrected chi connectivity index (χ3v) is 2.18. The summed E-state index contributed by atoms with van der Waals surface area (Å²) in [5, 5.41) is 8.84. The zero-order valence-electron chi connectivity index (χ0n) is 7.96. The lowest BCUT2D eigenvalue weighted by Crippen LogP contribution is -2.33. The van der Waals surface area contributed by atoms with Gasteiger partial charge in [0.2, 0.25) is 0 Å². The van der Waals surface area contributed by atoms with Gasteiger partial charge in [0.1, 0.15) is 6.04 Å². The topological polar surface area (TPSA) is 27.0 Å². The molecule has 0 aromatic rings. The molecule has 2 nitrogen and oxygen atoms in total. The number of rotatable bonds is 4. The maximum absolute atomic E-state index is 8.84. The van der Waals surface area contributed by atoms with Crippen molar-refractivity contribution in [2.24, 2.45) is 5.92 Å². The van der Waals surface area contributed by atoms with Crippen LogP contribution in [0.1, 0.15) is 26.7 Å². The number of nitrogens with zero attached hydrogens (tertiary/aromatic N) is 2. The molecular formula is C9H18N2. The molecule has 1 atom stereocenters. The van der Waals surface area contributed by atoms with Gasteiger partial charge in [-0.1, -0.05) is 26.7 Å². The van der Waals surface area contributed by atoms with Crippen molar-refractivity contribution in [3.8, 4) is 6.07 Å². The van der Waals surface area contributed by atoms with E-state index in [9.17, 15) is 0 Å². The van der Waals surface area contributed by atoms with Crippen LogP contribution in [0.4, 0.5) is 0 Å². The van der Waals surface area contributed by atoms with Crippen LogP contribution in [0.5, 0.6) is 0 Å². The van der Waals surface area contributed by atoms with E-state index in [-0.39, 0.29) is 6.04 Å². The Morgan fingerprint density at radius 3 is 1.82 bits per heavy atom. The summed E-state index contributed by atoms with van der Waals surface area (Å²) in [5.74, 6) is 0.523. The molecule has 0 aliphatic rings. The Morgan fingerprint density at radius 2 is 1.73 bits per heavy atom. The predicted octanol–water partition coefficient (Wildman–Crippen LogP) is 1.88. The molecule has 0 aromatic carbocycles. The smallest absolute Gasteiger partial charge is 0.100 e. The summed E-state index contributed by atoms with van der Waals surface area (Å²) in [6.07, 6.45) is 2.18. The lowest BCUT2D eigenvalue weighted by atomic mass is 9.94. The molecule has 0 spiro atoms. The first-order valence-electron chi connectivity index (χ1n) is 4.23. The second kappa shape index (κ2) is 5.15. The molecule has 0 aromatic heterocycles. The summed E-state index contributed by atoms with van der Waals surface area (Å²) >= 11 is 0. The largest absolute Gasteiger partial charge is 0.294 e. The Bertz CT molecular complexity index is 131. The predicted molar refractivity (Wildman–Crippen MR) is 47.2 cm³/mol. The molecule has 2 heteroatoms. The van der Waals surface area contributed by atoms with Crippen molar-refractivity contribution < 1.29 is 0 Å². The van der Waals surface area contributed by atoms with Gasteiger partial charge in [0.15, 0.2) is 0 Å². The van der Waals surface area contributed by atoms with Gasteiger partial charge in [0.25, 0.3) is 0 Å². The summed E-state index contributed by atoms with van der Waals surface area (Å²) in [4.78, 5) is 2.00. The van der Waals surface area contributed by atoms with E-state index in [1.807, 2.05) is 19.0 Å². The van der Waals surface area contributed by atoms with E-state index in [4.69, 9.17) is 5.26 Å². The molecule has 0 radical (unpaired) electrons. The molecule has 0 N–H and O–H groups in total. The molecule has 0 rings (SSSR count). The van der Waals surface area contributed by atoms with Crippen LogP contribution in [0.2, 0.25) is 0 Å². The first kappa shape index (κ1) is 10.4. The highest BCUT2D eigenvalue weighted by Crippen LogP contribution is 2.15. The van der Waals surface area contributed by atoms with Gasteiger partial charge in [-0.3, -0.25) is 4.90 Å². The van der Waals surface area contributed by atoms with Crippen molar-refractivity contribution in [3.05, 3.63) is 0 Å². The van der Waals surface area contributed by atoms with Gasteiger partial charge in [-0.2, -0.15) is 5.26 Å². The summed E-state index contributed by atoms with van der Waals surface area (Å²) in [7, 11) is 3.93. The van der Waals surface area contributed by atoms with Crippen molar-refractivity contribution in [3.63, 3.8) is 0 Å². The molecule has 1 unspecified atom stereocenters. The lowest BCUT2D eigenvalue weighted by Gasteiger charge is -2.24. The molecule has 0 bridgehead atoms. The fourth-order valence-electron chi connectivity index (χ4n) is 1.38. The quantitative estimate of drug-likeness (QED) is 0.618. The van der Waals surface area contributed by atoms with Gasteiger partial charge in [0, 0.05) is 0 Å². The molecule has 0 aliphatic carbocycles. The second-order valence-corrected chi connectivity index (χ2v) is 3.11. The van der Waals surface area contributed by atoms with Crippen LogP contribution >= 0.6 is 0 Å². The monoisotopic (exact) mass is 154 g/mol. The molecule has 0 saturated heterocycles. The average molecular weight is 154 g/mol. The van der Waals surface area contributed by atoms with Gasteiger partial charge in [-0.15, -0.1) is 0 Å². The third kappa shape index (κ3) is 2.90. The van der Waals surface area contributed by atoms with E-state index in [0.29, 0.717) is 5.92 Å². The van der Waals surface area contributed by atoms with Crippen LogP contribution in [-0.2, 0) is 0 Å². The Labute approximate surface area is 69.8 Å². The van der Waals surface area contributed by atoms with E-state index in [0.717, 1.165) is 12.8 Å². The second-order valence-electron chi connectivity index (χ2n) is 3.11. The molecule has 0 aliphatic heterocycles.